The lowest BCUT2D eigenvalue weighted by Crippen LogP contribution is -2.50. The lowest BCUT2D eigenvalue weighted by Gasteiger charge is -2.16. The van der Waals surface area contributed by atoms with Crippen molar-refractivity contribution in [2.24, 2.45) is 0 Å². The van der Waals surface area contributed by atoms with Gasteiger partial charge in [-0.15, -0.1) is 0 Å². The molecule has 0 aromatic rings. The van der Waals surface area contributed by atoms with Crippen LogP contribution < -0.4 is 9.96 Å². The summed E-state index contributed by atoms with van der Waals surface area (Å²) in [6.07, 6.45) is 0. The quantitative estimate of drug-likeness (QED) is 0.405. The van der Waals surface area contributed by atoms with Crippen LogP contribution in [0, 0.1) is 0 Å². The molecule has 0 aliphatic rings. The van der Waals surface area contributed by atoms with E-state index in [1.807, 2.05) is 0 Å². The van der Waals surface area contributed by atoms with E-state index in [0.29, 0.717) is 13.2 Å². The first-order valence-corrected chi connectivity index (χ1v) is 6.05. The van der Waals surface area contributed by atoms with Gasteiger partial charge < -0.3 is 19.1 Å². The van der Waals surface area contributed by atoms with Crippen LogP contribution in [0.5, 0.6) is 0 Å². The highest BCUT2D eigenvalue weighted by Crippen LogP contribution is 1.78. The summed E-state index contributed by atoms with van der Waals surface area (Å²) in [5.74, 6) is 0. The highest BCUT2D eigenvalue weighted by molar-refractivity contribution is 6.45. The van der Waals surface area contributed by atoms with Gasteiger partial charge in [-0.3, -0.25) is 0 Å². The highest BCUT2D eigenvalue weighted by atomic mass is 28.3. The number of hydrogen-bond acceptors (Lipinski definition) is 4. The van der Waals surface area contributed by atoms with Crippen LogP contribution in [-0.2, 0) is 9.16 Å². The Hall–Kier alpha value is 0.0569. The van der Waals surface area contributed by atoms with Crippen LogP contribution in [0.1, 0.15) is 13.8 Å². The van der Waals surface area contributed by atoms with Crippen molar-refractivity contribution in [3.63, 3.8) is 0 Å². The third kappa shape index (κ3) is 6.75. The van der Waals surface area contributed by atoms with E-state index in [0.717, 1.165) is 13.1 Å². The Bertz CT molecular complexity index is 89.5. The van der Waals surface area contributed by atoms with Crippen LogP contribution in [0.25, 0.3) is 0 Å². The van der Waals surface area contributed by atoms with Gasteiger partial charge in [0.25, 0.3) is 0 Å². The summed E-state index contributed by atoms with van der Waals surface area (Å²) >= 11 is 0. The molecular formula is C7H20N2O2Si. The number of nitrogens with one attached hydrogen (secondary N) is 2. The van der Waals surface area contributed by atoms with Gasteiger partial charge in [-0.05, 0) is 13.1 Å². The number of rotatable bonds is 8. The summed E-state index contributed by atoms with van der Waals surface area (Å²) in [6, 6.07) is 0. The summed E-state index contributed by atoms with van der Waals surface area (Å²) in [5.41, 5.74) is 0. The largest absolute Gasteiger partial charge is 0.392 e. The monoisotopic (exact) mass is 192 g/mol. The molecule has 74 valence electrons. The molecule has 5 heteroatoms. The van der Waals surface area contributed by atoms with Crippen LogP contribution in [0.4, 0.5) is 0 Å². The topological polar surface area (TPSA) is 42.5 Å². The Morgan fingerprint density at radius 2 is 1.67 bits per heavy atom. The zero-order valence-electron chi connectivity index (χ0n) is 8.22. The minimum absolute atomic E-state index is 0.667. The van der Waals surface area contributed by atoms with Crippen LogP contribution in [0.3, 0.4) is 0 Å². The minimum atomic E-state index is -1.35. The van der Waals surface area contributed by atoms with Gasteiger partial charge >= 0.3 is 9.36 Å². The van der Waals surface area contributed by atoms with Crippen LogP contribution in [-0.4, -0.2) is 42.8 Å². The second kappa shape index (κ2) is 9.15. The molecule has 0 bridgehead atoms. The van der Waals surface area contributed by atoms with Gasteiger partial charge in [0.1, 0.15) is 0 Å². The van der Waals surface area contributed by atoms with Gasteiger partial charge in [0.2, 0.25) is 0 Å². The first-order chi connectivity index (χ1) is 5.85. The van der Waals surface area contributed by atoms with E-state index in [1.54, 1.807) is 7.11 Å². The van der Waals surface area contributed by atoms with Gasteiger partial charge in [0.15, 0.2) is 0 Å². The SMILES string of the molecule is CCN[SiH](NCC)OCCOC. The fourth-order valence-electron chi connectivity index (χ4n) is 0.810. The predicted molar refractivity (Wildman–Crippen MR) is 52.3 cm³/mol. The van der Waals surface area contributed by atoms with Crippen molar-refractivity contribution in [1.82, 2.24) is 9.96 Å². The zero-order valence-corrected chi connectivity index (χ0v) is 9.38. The lowest BCUT2D eigenvalue weighted by molar-refractivity contribution is 0.142. The first-order valence-electron chi connectivity index (χ1n) is 4.42. The standard InChI is InChI=1S/C7H20N2O2Si/c1-4-8-12(9-5-2)11-7-6-10-3/h8-9,12H,4-7H2,1-3H3. The van der Waals surface area contributed by atoms with E-state index in [-0.39, 0.29) is 0 Å². The molecule has 0 amide bonds. The second-order valence-electron chi connectivity index (χ2n) is 2.36. The van der Waals surface area contributed by atoms with E-state index < -0.39 is 9.36 Å². The number of hydrogen-bond donors (Lipinski definition) is 2. The zero-order chi connectivity index (χ0) is 9.23. The second-order valence-corrected chi connectivity index (χ2v) is 4.27. The minimum Gasteiger partial charge on any atom is -0.392 e. The van der Waals surface area contributed by atoms with Crippen molar-refractivity contribution in [3.05, 3.63) is 0 Å². The molecule has 0 aromatic heterocycles. The van der Waals surface area contributed by atoms with Gasteiger partial charge in [0, 0.05) is 7.11 Å². The molecule has 0 rings (SSSR count). The number of methoxy groups -OCH3 is 1. The van der Waals surface area contributed by atoms with Crippen molar-refractivity contribution >= 4 is 9.36 Å². The van der Waals surface area contributed by atoms with Crippen molar-refractivity contribution in [3.8, 4) is 0 Å². The summed E-state index contributed by atoms with van der Waals surface area (Å²) in [6.45, 7) is 7.41. The Kier molecular flexibility index (Phi) is 9.19. The highest BCUT2D eigenvalue weighted by Gasteiger charge is 2.07. The van der Waals surface area contributed by atoms with Gasteiger partial charge in [0.05, 0.1) is 13.2 Å². The maximum Gasteiger partial charge on any atom is 0.335 e. The van der Waals surface area contributed by atoms with Crippen LogP contribution in [0.2, 0.25) is 0 Å². The summed E-state index contributed by atoms with van der Waals surface area (Å²) < 4.78 is 10.4. The van der Waals surface area contributed by atoms with E-state index in [4.69, 9.17) is 9.16 Å². The Morgan fingerprint density at radius 3 is 2.08 bits per heavy atom. The maximum atomic E-state index is 5.56. The Morgan fingerprint density at radius 1 is 1.08 bits per heavy atom. The molecule has 0 spiro atoms. The van der Waals surface area contributed by atoms with Crippen LogP contribution >= 0.6 is 0 Å². The molecule has 0 aromatic carbocycles. The molecule has 12 heavy (non-hydrogen) atoms. The summed E-state index contributed by atoms with van der Waals surface area (Å²) in [7, 11) is 0.336. The molecule has 0 aliphatic carbocycles. The summed E-state index contributed by atoms with van der Waals surface area (Å²) in [4.78, 5) is 6.58. The van der Waals surface area contributed by atoms with Crippen molar-refractivity contribution < 1.29 is 9.16 Å². The average molecular weight is 192 g/mol. The molecule has 2 N–H and O–H groups in total. The van der Waals surface area contributed by atoms with Gasteiger partial charge in [-0.2, -0.15) is 0 Å². The van der Waals surface area contributed by atoms with Crippen LogP contribution in [0.15, 0.2) is 0 Å². The van der Waals surface area contributed by atoms with Gasteiger partial charge in [-0.1, -0.05) is 13.8 Å². The molecule has 0 heterocycles. The van der Waals surface area contributed by atoms with Crippen molar-refractivity contribution in [2.45, 2.75) is 13.8 Å². The smallest absolute Gasteiger partial charge is 0.335 e. The maximum absolute atomic E-state index is 5.56. The van der Waals surface area contributed by atoms with E-state index >= 15 is 0 Å². The average Bonchev–Trinajstić information content (AvgIpc) is 2.06. The molecule has 0 atom stereocenters. The molecule has 0 unspecified atom stereocenters. The lowest BCUT2D eigenvalue weighted by atomic mass is 10.8. The molecule has 0 saturated carbocycles. The van der Waals surface area contributed by atoms with E-state index in [2.05, 4.69) is 23.8 Å². The summed E-state index contributed by atoms with van der Waals surface area (Å²) in [5, 5.41) is 0. The van der Waals surface area contributed by atoms with E-state index in [1.165, 1.54) is 0 Å². The number of ether oxygens (including phenoxy) is 1. The third-order valence-electron chi connectivity index (χ3n) is 1.35. The molecule has 0 aliphatic heterocycles. The third-order valence-corrected chi connectivity index (χ3v) is 3.48. The molecule has 0 saturated heterocycles. The Balaban J connectivity index is 3.34. The van der Waals surface area contributed by atoms with Gasteiger partial charge in [-0.25, -0.2) is 0 Å². The predicted octanol–water partition coefficient (Wildman–Crippen LogP) is -0.414. The van der Waals surface area contributed by atoms with E-state index in [9.17, 15) is 0 Å². The molecule has 4 nitrogen and oxygen atoms in total. The molecule has 0 fully saturated rings. The normalized spacial score (nSPS) is 11.0. The first kappa shape index (κ1) is 12.1. The Labute approximate surface area is 76.5 Å². The molecule has 0 radical (unpaired) electrons. The molecular weight excluding hydrogens is 172 g/mol. The fraction of sp³-hybridized carbons (Fsp3) is 1.00. The van der Waals surface area contributed by atoms with Crippen molar-refractivity contribution in [1.29, 1.82) is 0 Å². The fourth-order valence-corrected chi connectivity index (χ4v) is 2.26. The van der Waals surface area contributed by atoms with Crippen molar-refractivity contribution in [2.75, 3.05) is 33.4 Å².